The van der Waals surface area contributed by atoms with Crippen LogP contribution in [0.25, 0.3) is 4.96 Å². The zero-order valence-corrected chi connectivity index (χ0v) is 18.3. The van der Waals surface area contributed by atoms with Crippen LogP contribution in [0.4, 0.5) is 0 Å². The van der Waals surface area contributed by atoms with Gasteiger partial charge >= 0.3 is 0 Å². The summed E-state index contributed by atoms with van der Waals surface area (Å²) in [6, 6.07) is 11.5. The Balaban J connectivity index is 1.44. The fourth-order valence-electron chi connectivity index (χ4n) is 4.12. The van der Waals surface area contributed by atoms with E-state index < -0.39 is 0 Å². The highest BCUT2D eigenvalue weighted by molar-refractivity contribution is 7.16. The minimum absolute atomic E-state index is 0.108. The van der Waals surface area contributed by atoms with Crippen molar-refractivity contribution in [2.45, 2.75) is 45.7 Å². The van der Waals surface area contributed by atoms with Crippen molar-refractivity contribution >= 4 is 22.2 Å². The summed E-state index contributed by atoms with van der Waals surface area (Å²) in [6.07, 6.45) is 2.89. The molecular weight excluding hydrogens is 398 g/mol. The molecule has 0 spiro atoms. The van der Waals surface area contributed by atoms with Gasteiger partial charge < -0.3 is 4.90 Å². The second-order valence-electron chi connectivity index (χ2n) is 7.76. The summed E-state index contributed by atoms with van der Waals surface area (Å²) in [4.78, 5) is 34.8. The van der Waals surface area contributed by atoms with E-state index in [1.54, 1.807) is 6.07 Å². The molecule has 1 aliphatic heterocycles. The maximum Gasteiger partial charge on any atom is 0.275 e. The van der Waals surface area contributed by atoms with Gasteiger partial charge in [-0.2, -0.15) is 9.61 Å². The van der Waals surface area contributed by atoms with Crippen LogP contribution in [0, 0.1) is 6.92 Å². The highest BCUT2D eigenvalue weighted by Gasteiger charge is 2.27. The third kappa shape index (κ3) is 4.44. The van der Waals surface area contributed by atoms with Crippen LogP contribution in [0.5, 0.6) is 0 Å². The van der Waals surface area contributed by atoms with Gasteiger partial charge in [0, 0.05) is 37.3 Å². The zero-order chi connectivity index (χ0) is 21.1. The van der Waals surface area contributed by atoms with Crippen LogP contribution in [0.2, 0.25) is 0 Å². The Hall–Kier alpha value is -2.58. The van der Waals surface area contributed by atoms with Gasteiger partial charge in [-0.25, -0.2) is 4.98 Å². The van der Waals surface area contributed by atoms with E-state index in [1.165, 1.54) is 15.9 Å². The molecule has 30 heavy (non-hydrogen) atoms. The first-order valence-corrected chi connectivity index (χ1v) is 11.3. The second kappa shape index (κ2) is 9.06. The number of fused-ring (bicyclic) bond motifs is 1. The van der Waals surface area contributed by atoms with Gasteiger partial charge in [0.15, 0.2) is 0 Å². The van der Waals surface area contributed by atoms with Crippen LogP contribution in [0.1, 0.15) is 47.2 Å². The van der Waals surface area contributed by atoms with Crippen LogP contribution in [0.15, 0.2) is 41.2 Å². The minimum atomic E-state index is -0.126. The lowest BCUT2D eigenvalue weighted by molar-refractivity contribution is 0.0605. The predicted octanol–water partition coefficient (Wildman–Crippen LogP) is 2.98. The van der Waals surface area contributed by atoms with Crippen molar-refractivity contribution in [3.8, 4) is 0 Å². The molecule has 1 aromatic carbocycles. The molecule has 158 valence electrons. The molecule has 0 saturated carbocycles. The number of aromatic nitrogens is 3. The standard InChI is InChI=1S/C22H27N5O2S/c1-3-11-26(15-18-14-20(28)27-22(23-18)30-16(2)24-27)19-9-12-25(13-10-19)21(29)17-7-5-4-6-8-17/h4-8,14,19H,3,9-13,15H2,1-2H3. The lowest BCUT2D eigenvalue weighted by Gasteiger charge is -2.38. The van der Waals surface area contributed by atoms with E-state index in [0.29, 0.717) is 17.5 Å². The van der Waals surface area contributed by atoms with Crippen molar-refractivity contribution in [1.29, 1.82) is 0 Å². The Labute approximate surface area is 180 Å². The average Bonchev–Trinajstić information content (AvgIpc) is 3.14. The molecule has 1 saturated heterocycles. The zero-order valence-electron chi connectivity index (χ0n) is 17.5. The molecular formula is C22H27N5O2S. The van der Waals surface area contributed by atoms with E-state index in [2.05, 4.69) is 21.9 Å². The SMILES string of the molecule is CCCN(Cc1cc(=O)n2nc(C)sc2n1)C1CCN(C(=O)c2ccccc2)CC1. The van der Waals surface area contributed by atoms with E-state index in [4.69, 9.17) is 0 Å². The number of aryl methyl sites for hydroxylation is 1. The summed E-state index contributed by atoms with van der Waals surface area (Å²) >= 11 is 1.44. The molecule has 0 N–H and O–H groups in total. The molecule has 1 aliphatic rings. The van der Waals surface area contributed by atoms with E-state index in [9.17, 15) is 9.59 Å². The Morgan fingerprint density at radius 2 is 1.97 bits per heavy atom. The Morgan fingerprint density at radius 1 is 1.23 bits per heavy atom. The van der Waals surface area contributed by atoms with Crippen molar-refractivity contribution in [1.82, 2.24) is 24.4 Å². The van der Waals surface area contributed by atoms with E-state index in [-0.39, 0.29) is 11.5 Å². The van der Waals surface area contributed by atoms with Gasteiger partial charge in [0.1, 0.15) is 5.01 Å². The van der Waals surface area contributed by atoms with Crippen LogP contribution in [-0.2, 0) is 6.54 Å². The molecule has 4 rings (SSSR count). The number of likely N-dealkylation sites (tertiary alicyclic amines) is 1. The molecule has 0 aliphatic carbocycles. The van der Waals surface area contributed by atoms with Gasteiger partial charge in [0.25, 0.3) is 11.5 Å². The van der Waals surface area contributed by atoms with Crippen molar-refractivity contribution in [2.75, 3.05) is 19.6 Å². The van der Waals surface area contributed by atoms with E-state index in [1.807, 2.05) is 42.2 Å². The van der Waals surface area contributed by atoms with Gasteiger partial charge in [0.05, 0.1) is 5.69 Å². The van der Waals surface area contributed by atoms with Crippen molar-refractivity contribution in [2.24, 2.45) is 0 Å². The fourth-order valence-corrected chi connectivity index (χ4v) is 4.88. The quantitative estimate of drug-likeness (QED) is 0.607. The van der Waals surface area contributed by atoms with Gasteiger partial charge in [-0.15, -0.1) is 0 Å². The number of hydrogen-bond donors (Lipinski definition) is 0. The molecule has 0 unspecified atom stereocenters. The number of rotatable bonds is 6. The molecule has 7 nitrogen and oxygen atoms in total. The smallest absolute Gasteiger partial charge is 0.275 e. The highest BCUT2D eigenvalue weighted by Crippen LogP contribution is 2.21. The molecule has 1 fully saturated rings. The van der Waals surface area contributed by atoms with Crippen molar-refractivity contribution in [3.63, 3.8) is 0 Å². The Bertz CT molecular complexity index is 1070. The number of hydrogen-bond acceptors (Lipinski definition) is 6. The van der Waals surface area contributed by atoms with Crippen LogP contribution >= 0.6 is 11.3 Å². The van der Waals surface area contributed by atoms with Crippen molar-refractivity contribution in [3.05, 3.63) is 63.0 Å². The first-order chi connectivity index (χ1) is 14.5. The number of carbonyl (C=O) groups excluding carboxylic acids is 1. The number of piperidine rings is 1. The Morgan fingerprint density at radius 3 is 2.67 bits per heavy atom. The molecule has 8 heteroatoms. The topological polar surface area (TPSA) is 70.8 Å². The summed E-state index contributed by atoms with van der Waals surface area (Å²) < 4.78 is 1.38. The average molecular weight is 426 g/mol. The lowest BCUT2D eigenvalue weighted by atomic mass is 10.0. The number of benzene rings is 1. The van der Waals surface area contributed by atoms with Crippen molar-refractivity contribution < 1.29 is 4.79 Å². The van der Waals surface area contributed by atoms with Crippen LogP contribution < -0.4 is 5.56 Å². The molecule has 0 radical (unpaired) electrons. The third-order valence-electron chi connectivity index (χ3n) is 5.56. The van der Waals surface area contributed by atoms with Gasteiger partial charge in [-0.05, 0) is 44.9 Å². The lowest BCUT2D eigenvalue weighted by Crippen LogP contribution is -2.46. The number of amides is 1. The largest absolute Gasteiger partial charge is 0.339 e. The normalized spacial score (nSPS) is 15.2. The maximum absolute atomic E-state index is 12.7. The van der Waals surface area contributed by atoms with Gasteiger partial charge in [-0.1, -0.05) is 36.5 Å². The van der Waals surface area contributed by atoms with Crippen LogP contribution in [0.3, 0.4) is 0 Å². The molecule has 0 atom stereocenters. The third-order valence-corrected chi connectivity index (χ3v) is 6.39. The summed E-state index contributed by atoms with van der Waals surface area (Å²) in [7, 11) is 0. The van der Waals surface area contributed by atoms with Gasteiger partial charge in [-0.3, -0.25) is 14.5 Å². The molecule has 2 aromatic heterocycles. The first-order valence-electron chi connectivity index (χ1n) is 10.5. The summed E-state index contributed by atoms with van der Waals surface area (Å²) in [5, 5.41) is 5.05. The minimum Gasteiger partial charge on any atom is -0.339 e. The molecule has 1 amide bonds. The number of nitrogens with zero attached hydrogens (tertiary/aromatic N) is 5. The van der Waals surface area contributed by atoms with E-state index >= 15 is 0 Å². The predicted molar refractivity (Wildman–Crippen MR) is 118 cm³/mol. The fraction of sp³-hybridized carbons (Fsp3) is 0.455. The summed E-state index contributed by atoms with van der Waals surface area (Å²) in [5.74, 6) is 0.108. The monoisotopic (exact) mass is 425 g/mol. The molecule has 0 bridgehead atoms. The second-order valence-corrected chi connectivity index (χ2v) is 8.92. The summed E-state index contributed by atoms with van der Waals surface area (Å²) in [6.45, 7) is 7.14. The van der Waals surface area contributed by atoms with E-state index in [0.717, 1.165) is 55.2 Å². The van der Waals surface area contributed by atoms with Gasteiger partial charge in [0.2, 0.25) is 4.96 Å². The maximum atomic E-state index is 12.7. The number of carbonyl (C=O) groups is 1. The van der Waals surface area contributed by atoms with Crippen LogP contribution in [-0.4, -0.2) is 56.0 Å². The first kappa shape index (κ1) is 20.7. The molecule has 3 heterocycles. The summed E-state index contributed by atoms with van der Waals surface area (Å²) in [5.41, 5.74) is 1.41. The molecule has 3 aromatic rings. The highest BCUT2D eigenvalue weighted by atomic mass is 32.1. The Kier molecular flexibility index (Phi) is 6.24.